The first-order valence-corrected chi connectivity index (χ1v) is 7.31. The second-order valence-electron chi connectivity index (χ2n) is 5.44. The van der Waals surface area contributed by atoms with Gasteiger partial charge in [0.1, 0.15) is 0 Å². The average Bonchev–Trinajstić information content (AvgIpc) is 2.45. The Labute approximate surface area is 136 Å². The van der Waals surface area contributed by atoms with Gasteiger partial charge in [-0.15, -0.1) is 0 Å². The van der Waals surface area contributed by atoms with Crippen molar-refractivity contribution < 1.29 is 23.8 Å². The minimum atomic E-state index is -0.615. The van der Waals surface area contributed by atoms with Crippen LogP contribution in [0.4, 0.5) is 5.69 Å². The molecular formula is C17H23NO5. The lowest BCUT2D eigenvalue weighted by molar-refractivity contribution is -0.134. The van der Waals surface area contributed by atoms with E-state index in [2.05, 4.69) is 4.74 Å². The van der Waals surface area contributed by atoms with Crippen LogP contribution >= 0.6 is 0 Å². The van der Waals surface area contributed by atoms with Crippen LogP contribution in [0.5, 0.6) is 11.5 Å². The Morgan fingerprint density at radius 3 is 2.00 bits per heavy atom. The number of anilines is 1. The number of hydrogen-bond donors (Lipinski definition) is 1. The molecule has 126 valence electrons. The summed E-state index contributed by atoms with van der Waals surface area (Å²) in [5.74, 6) is -0.134. The van der Waals surface area contributed by atoms with Crippen LogP contribution in [0.2, 0.25) is 0 Å². The molecule has 1 aromatic rings. The topological polar surface area (TPSA) is 87.9 Å². The molecule has 0 bridgehead atoms. The van der Waals surface area contributed by atoms with Gasteiger partial charge in [-0.25, -0.2) is 4.79 Å². The second-order valence-corrected chi connectivity index (χ2v) is 5.44. The Morgan fingerprint density at radius 2 is 1.52 bits per heavy atom. The van der Waals surface area contributed by atoms with Crippen LogP contribution < -0.4 is 15.2 Å². The van der Waals surface area contributed by atoms with E-state index in [-0.39, 0.29) is 23.5 Å². The predicted octanol–water partition coefficient (Wildman–Crippen LogP) is 2.76. The predicted molar refractivity (Wildman–Crippen MR) is 87.9 cm³/mol. The highest BCUT2D eigenvalue weighted by atomic mass is 16.5. The maximum absolute atomic E-state index is 12.2. The third-order valence-corrected chi connectivity index (χ3v) is 2.68. The number of nitrogens with two attached hydrogens (primary N) is 1. The number of allylic oxidation sites excluding steroid dienone is 1. The molecule has 0 amide bonds. The van der Waals surface area contributed by atoms with Crippen LogP contribution in [-0.2, 0) is 9.53 Å². The Kier molecular flexibility index (Phi) is 6.63. The van der Waals surface area contributed by atoms with Crippen LogP contribution in [0, 0.1) is 0 Å². The van der Waals surface area contributed by atoms with E-state index in [1.165, 1.54) is 13.2 Å². The fraction of sp³-hybridized carbons (Fsp3) is 0.412. The summed E-state index contributed by atoms with van der Waals surface area (Å²) in [6.07, 6.45) is 1.99. The van der Waals surface area contributed by atoms with Crippen molar-refractivity contribution in [2.24, 2.45) is 0 Å². The Bertz CT molecular complexity index is 605. The molecule has 6 heteroatoms. The van der Waals surface area contributed by atoms with Gasteiger partial charge in [0.15, 0.2) is 17.3 Å². The molecule has 0 heterocycles. The van der Waals surface area contributed by atoms with Crippen molar-refractivity contribution in [1.29, 1.82) is 0 Å². The molecule has 1 aromatic carbocycles. The van der Waals surface area contributed by atoms with Gasteiger partial charge < -0.3 is 19.9 Å². The smallest absolute Gasteiger partial charge is 0.330 e. The summed E-state index contributed by atoms with van der Waals surface area (Å²) in [5, 5.41) is 0. The van der Waals surface area contributed by atoms with E-state index in [9.17, 15) is 9.59 Å². The van der Waals surface area contributed by atoms with E-state index in [1.54, 1.807) is 6.07 Å². The molecule has 0 saturated carbocycles. The van der Waals surface area contributed by atoms with Gasteiger partial charge in [0.2, 0.25) is 0 Å². The van der Waals surface area contributed by atoms with Crippen LogP contribution in [0.15, 0.2) is 24.3 Å². The van der Waals surface area contributed by atoms with Gasteiger partial charge >= 0.3 is 5.97 Å². The summed E-state index contributed by atoms with van der Waals surface area (Å²) in [6.45, 7) is 7.50. The second kappa shape index (κ2) is 8.22. The van der Waals surface area contributed by atoms with Crippen molar-refractivity contribution in [2.45, 2.75) is 39.9 Å². The van der Waals surface area contributed by atoms with Crippen LogP contribution in [0.1, 0.15) is 38.1 Å². The fourth-order valence-corrected chi connectivity index (χ4v) is 1.78. The molecule has 0 saturated heterocycles. The molecule has 0 aliphatic carbocycles. The highest BCUT2D eigenvalue weighted by Crippen LogP contribution is 2.34. The molecule has 1 rings (SSSR count). The van der Waals surface area contributed by atoms with Crippen LogP contribution in [0.3, 0.4) is 0 Å². The largest absolute Gasteiger partial charge is 0.487 e. The molecule has 0 spiro atoms. The molecule has 2 N–H and O–H groups in total. The zero-order valence-corrected chi connectivity index (χ0v) is 14.1. The molecule has 0 atom stereocenters. The molecule has 0 unspecified atom stereocenters. The van der Waals surface area contributed by atoms with Gasteiger partial charge in [-0.1, -0.05) is 0 Å². The molecule has 0 fully saturated rings. The van der Waals surface area contributed by atoms with Crippen molar-refractivity contribution in [1.82, 2.24) is 0 Å². The zero-order valence-electron chi connectivity index (χ0n) is 14.1. The Balaban J connectivity index is 3.20. The van der Waals surface area contributed by atoms with E-state index in [0.29, 0.717) is 11.5 Å². The number of esters is 1. The number of ketones is 1. The van der Waals surface area contributed by atoms with Crippen molar-refractivity contribution in [3.63, 3.8) is 0 Å². The number of ether oxygens (including phenoxy) is 3. The van der Waals surface area contributed by atoms with Gasteiger partial charge in [0.25, 0.3) is 0 Å². The van der Waals surface area contributed by atoms with Crippen molar-refractivity contribution in [3.05, 3.63) is 29.8 Å². The summed E-state index contributed by atoms with van der Waals surface area (Å²) in [6, 6.07) is 3.08. The number of benzene rings is 1. The Hall–Kier alpha value is -2.50. The van der Waals surface area contributed by atoms with Gasteiger partial charge in [0.05, 0.1) is 19.3 Å². The Morgan fingerprint density at radius 1 is 1.00 bits per heavy atom. The van der Waals surface area contributed by atoms with E-state index >= 15 is 0 Å². The van der Waals surface area contributed by atoms with E-state index < -0.39 is 11.8 Å². The lowest BCUT2D eigenvalue weighted by atomic mass is 10.1. The van der Waals surface area contributed by atoms with E-state index in [0.717, 1.165) is 12.2 Å². The first-order chi connectivity index (χ1) is 10.7. The van der Waals surface area contributed by atoms with Gasteiger partial charge in [-0.05, 0) is 39.8 Å². The fourth-order valence-electron chi connectivity index (χ4n) is 1.78. The highest BCUT2D eigenvalue weighted by molar-refractivity contribution is 6.10. The third kappa shape index (κ3) is 5.65. The van der Waals surface area contributed by atoms with Crippen molar-refractivity contribution >= 4 is 17.4 Å². The summed E-state index contributed by atoms with van der Waals surface area (Å²) >= 11 is 0. The van der Waals surface area contributed by atoms with Crippen molar-refractivity contribution in [2.75, 3.05) is 12.8 Å². The summed E-state index contributed by atoms with van der Waals surface area (Å²) in [4.78, 5) is 23.3. The molecule has 0 aromatic heterocycles. The first kappa shape index (κ1) is 18.5. The number of hydrogen-bond acceptors (Lipinski definition) is 6. The SMILES string of the molecule is COC(=O)/C=C/C(=O)c1cc(OC(C)C)c(OC(C)C)cc1N. The summed E-state index contributed by atoms with van der Waals surface area (Å²) < 4.78 is 15.8. The number of rotatable bonds is 7. The average molecular weight is 321 g/mol. The molecule has 0 aliphatic heterocycles. The van der Waals surface area contributed by atoms with E-state index in [1.807, 2.05) is 27.7 Å². The minimum Gasteiger partial charge on any atom is -0.487 e. The molecule has 23 heavy (non-hydrogen) atoms. The van der Waals surface area contributed by atoms with Crippen LogP contribution in [0.25, 0.3) is 0 Å². The number of carbonyl (C=O) groups is 2. The monoisotopic (exact) mass is 321 g/mol. The summed E-state index contributed by atoms with van der Waals surface area (Å²) in [5.41, 5.74) is 6.41. The summed E-state index contributed by atoms with van der Waals surface area (Å²) in [7, 11) is 1.23. The number of carbonyl (C=O) groups excluding carboxylic acids is 2. The van der Waals surface area contributed by atoms with Gasteiger partial charge in [0, 0.05) is 23.4 Å². The molecule has 0 aliphatic rings. The van der Waals surface area contributed by atoms with Gasteiger partial charge in [-0.2, -0.15) is 0 Å². The van der Waals surface area contributed by atoms with Crippen molar-refractivity contribution in [3.8, 4) is 11.5 Å². The minimum absolute atomic E-state index is 0.0651. The quantitative estimate of drug-likeness (QED) is 0.359. The lowest BCUT2D eigenvalue weighted by Crippen LogP contribution is -2.12. The highest BCUT2D eigenvalue weighted by Gasteiger charge is 2.16. The maximum atomic E-state index is 12.2. The normalized spacial score (nSPS) is 11.1. The van der Waals surface area contributed by atoms with Gasteiger partial charge in [-0.3, -0.25) is 4.79 Å². The standard InChI is InChI=1S/C17H23NO5/c1-10(2)22-15-8-12(14(19)6-7-17(20)21-5)13(18)9-16(15)23-11(3)4/h6-11H,18H2,1-5H3/b7-6+. The zero-order chi connectivity index (χ0) is 17.6. The third-order valence-electron chi connectivity index (χ3n) is 2.68. The van der Waals surface area contributed by atoms with Crippen LogP contribution in [-0.4, -0.2) is 31.1 Å². The molecule has 6 nitrogen and oxygen atoms in total. The van der Waals surface area contributed by atoms with E-state index in [4.69, 9.17) is 15.2 Å². The number of nitrogen functional groups attached to an aromatic ring is 1. The molecule has 0 radical (unpaired) electrons. The molecular weight excluding hydrogens is 298 g/mol. The first-order valence-electron chi connectivity index (χ1n) is 7.31. The number of methoxy groups -OCH3 is 1. The maximum Gasteiger partial charge on any atom is 0.330 e. The lowest BCUT2D eigenvalue weighted by Gasteiger charge is -2.18.